The number of rotatable bonds is 9. The van der Waals surface area contributed by atoms with Gasteiger partial charge in [-0.15, -0.1) is 0 Å². The predicted octanol–water partition coefficient (Wildman–Crippen LogP) is 5.12. The SMILES string of the molecule is CCCCOc1ccc(C(=O)Nc2c(C#N)cnn2-c2ccc3ccccc3n2)cc1OCC. The number of nitrogens with zero attached hydrogens (tertiary/aromatic N) is 4. The van der Waals surface area contributed by atoms with Gasteiger partial charge in [-0.3, -0.25) is 4.79 Å². The van der Waals surface area contributed by atoms with Crippen molar-refractivity contribution in [3.8, 4) is 23.4 Å². The molecule has 0 fully saturated rings. The third kappa shape index (κ3) is 4.84. The molecule has 0 unspecified atom stereocenters. The maximum absolute atomic E-state index is 13.1. The molecule has 4 rings (SSSR count). The first-order valence-electron chi connectivity index (χ1n) is 11.2. The Hall–Kier alpha value is -4.38. The van der Waals surface area contributed by atoms with Gasteiger partial charge in [0.15, 0.2) is 23.1 Å². The van der Waals surface area contributed by atoms with Crippen molar-refractivity contribution in [2.75, 3.05) is 18.5 Å². The number of fused-ring (bicyclic) bond motifs is 1. The van der Waals surface area contributed by atoms with Gasteiger partial charge in [0, 0.05) is 10.9 Å². The molecule has 0 atom stereocenters. The molecule has 1 amide bonds. The Kier molecular flexibility index (Phi) is 7.04. The molecule has 8 nitrogen and oxygen atoms in total. The lowest BCUT2D eigenvalue weighted by Gasteiger charge is -2.14. The number of benzene rings is 2. The highest BCUT2D eigenvalue weighted by atomic mass is 16.5. The summed E-state index contributed by atoms with van der Waals surface area (Å²) in [6.45, 7) is 4.98. The summed E-state index contributed by atoms with van der Waals surface area (Å²) >= 11 is 0. The first-order valence-corrected chi connectivity index (χ1v) is 11.2. The van der Waals surface area contributed by atoms with Crippen LogP contribution in [0.2, 0.25) is 0 Å². The Morgan fingerprint density at radius 1 is 1.09 bits per heavy atom. The lowest BCUT2D eigenvalue weighted by Crippen LogP contribution is -2.16. The van der Waals surface area contributed by atoms with Crippen LogP contribution in [0.4, 0.5) is 5.82 Å². The number of amides is 1. The van der Waals surface area contributed by atoms with Crippen molar-refractivity contribution in [2.24, 2.45) is 0 Å². The van der Waals surface area contributed by atoms with Gasteiger partial charge in [0.2, 0.25) is 0 Å². The van der Waals surface area contributed by atoms with E-state index in [-0.39, 0.29) is 11.4 Å². The number of carbonyl (C=O) groups is 1. The second-order valence-electron chi connectivity index (χ2n) is 7.54. The van der Waals surface area contributed by atoms with Gasteiger partial charge in [-0.05, 0) is 49.7 Å². The quantitative estimate of drug-likeness (QED) is 0.351. The van der Waals surface area contributed by atoms with Crippen LogP contribution in [0.1, 0.15) is 42.6 Å². The zero-order valence-electron chi connectivity index (χ0n) is 19.1. The summed E-state index contributed by atoms with van der Waals surface area (Å²) in [5.41, 5.74) is 1.38. The molecule has 0 aliphatic carbocycles. The summed E-state index contributed by atoms with van der Waals surface area (Å²) < 4.78 is 12.9. The minimum absolute atomic E-state index is 0.229. The third-order valence-electron chi connectivity index (χ3n) is 5.18. The maximum atomic E-state index is 13.1. The molecule has 0 bridgehead atoms. The van der Waals surface area contributed by atoms with Crippen LogP contribution in [0.25, 0.3) is 16.7 Å². The van der Waals surface area contributed by atoms with Crippen LogP contribution in [0.3, 0.4) is 0 Å². The Balaban J connectivity index is 1.63. The molecule has 0 saturated carbocycles. The summed E-state index contributed by atoms with van der Waals surface area (Å²) in [7, 11) is 0. The van der Waals surface area contributed by atoms with Crippen LogP contribution < -0.4 is 14.8 Å². The number of anilines is 1. The highest BCUT2D eigenvalue weighted by Crippen LogP contribution is 2.29. The second-order valence-corrected chi connectivity index (χ2v) is 7.54. The number of unbranched alkanes of at least 4 members (excludes halogenated alkanes) is 1. The van der Waals surface area contributed by atoms with Crippen molar-refractivity contribution in [3.63, 3.8) is 0 Å². The van der Waals surface area contributed by atoms with Crippen LogP contribution in [0.5, 0.6) is 11.5 Å². The zero-order chi connectivity index (χ0) is 23.9. The minimum Gasteiger partial charge on any atom is -0.490 e. The number of nitriles is 1. The average Bonchev–Trinajstić information content (AvgIpc) is 3.27. The maximum Gasteiger partial charge on any atom is 0.256 e. The van der Waals surface area contributed by atoms with Crippen LogP contribution in [0.15, 0.2) is 60.8 Å². The standard InChI is InChI=1S/C26H25N5O3/c1-3-5-14-34-22-12-10-19(15-23(22)33-4-2)26(32)30-25-20(16-27)17-28-31(25)24-13-11-18-8-6-7-9-21(18)29-24/h6-13,15,17H,3-5,14H2,1-2H3,(H,30,32). The molecule has 0 aliphatic heterocycles. The van der Waals surface area contributed by atoms with Crippen LogP contribution >= 0.6 is 0 Å². The number of carbonyl (C=O) groups excluding carboxylic acids is 1. The lowest BCUT2D eigenvalue weighted by atomic mass is 10.2. The molecule has 2 aromatic heterocycles. The normalized spacial score (nSPS) is 10.6. The first kappa shape index (κ1) is 22.8. The van der Waals surface area contributed by atoms with Crippen molar-refractivity contribution < 1.29 is 14.3 Å². The molecule has 0 spiro atoms. The molecule has 8 heteroatoms. The zero-order valence-corrected chi connectivity index (χ0v) is 19.1. The van der Waals surface area contributed by atoms with Gasteiger partial charge in [-0.1, -0.05) is 31.5 Å². The first-order chi connectivity index (χ1) is 16.6. The van der Waals surface area contributed by atoms with Crippen molar-refractivity contribution in [1.82, 2.24) is 14.8 Å². The van der Waals surface area contributed by atoms with Crippen LogP contribution in [0, 0.1) is 11.3 Å². The fraction of sp³-hybridized carbons (Fsp3) is 0.231. The van der Waals surface area contributed by atoms with E-state index < -0.39 is 5.91 Å². The molecule has 4 aromatic rings. The number of hydrogen-bond donors (Lipinski definition) is 1. The molecular weight excluding hydrogens is 430 g/mol. The Labute approximate surface area is 197 Å². The summed E-state index contributed by atoms with van der Waals surface area (Å²) in [5.74, 6) is 1.42. The predicted molar refractivity (Wildman–Crippen MR) is 130 cm³/mol. The Bertz CT molecular complexity index is 1360. The highest BCUT2D eigenvalue weighted by molar-refractivity contribution is 6.05. The van der Waals surface area contributed by atoms with Gasteiger partial charge in [0.25, 0.3) is 5.91 Å². The van der Waals surface area contributed by atoms with E-state index >= 15 is 0 Å². The largest absolute Gasteiger partial charge is 0.490 e. The van der Waals surface area contributed by atoms with Crippen LogP contribution in [-0.4, -0.2) is 33.9 Å². The summed E-state index contributed by atoms with van der Waals surface area (Å²) in [4.78, 5) is 17.7. The monoisotopic (exact) mass is 455 g/mol. The van der Waals surface area contributed by atoms with E-state index in [1.54, 1.807) is 24.3 Å². The Morgan fingerprint density at radius 3 is 2.74 bits per heavy atom. The van der Waals surface area contributed by atoms with Crippen molar-refractivity contribution in [1.29, 1.82) is 5.26 Å². The highest BCUT2D eigenvalue weighted by Gasteiger charge is 2.18. The molecule has 2 heterocycles. The summed E-state index contributed by atoms with van der Waals surface area (Å²) in [6, 6.07) is 18.5. The van der Waals surface area contributed by atoms with E-state index in [9.17, 15) is 10.1 Å². The minimum atomic E-state index is -0.403. The molecule has 172 valence electrons. The van der Waals surface area contributed by atoms with Crippen molar-refractivity contribution in [2.45, 2.75) is 26.7 Å². The van der Waals surface area contributed by atoms with Gasteiger partial charge in [-0.25, -0.2) is 4.98 Å². The van der Waals surface area contributed by atoms with E-state index in [1.165, 1.54) is 10.9 Å². The van der Waals surface area contributed by atoms with Gasteiger partial charge in [-0.2, -0.15) is 15.0 Å². The van der Waals surface area contributed by atoms with E-state index in [1.807, 2.05) is 37.3 Å². The summed E-state index contributed by atoms with van der Waals surface area (Å²) in [5, 5.41) is 17.7. The smallest absolute Gasteiger partial charge is 0.256 e. The number of hydrogen-bond acceptors (Lipinski definition) is 6. The van der Waals surface area contributed by atoms with Crippen molar-refractivity contribution in [3.05, 3.63) is 71.9 Å². The molecule has 1 N–H and O–H groups in total. The lowest BCUT2D eigenvalue weighted by molar-refractivity contribution is 0.102. The third-order valence-corrected chi connectivity index (χ3v) is 5.18. The molecular formula is C26H25N5O3. The molecule has 0 aliphatic rings. The van der Waals surface area contributed by atoms with E-state index in [4.69, 9.17) is 9.47 Å². The van der Waals surface area contributed by atoms with Gasteiger partial charge < -0.3 is 14.8 Å². The number of aromatic nitrogens is 3. The van der Waals surface area contributed by atoms with Gasteiger partial charge in [0.1, 0.15) is 11.6 Å². The number of para-hydroxylation sites is 1. The average molecular weight is 456 g/mol. The fourth-order valence-electron chi connectivity index (χ4n) is 3.44. The van der Waals surface area contributed by atoms with Gasteiger partial charge >= 0.3 is 0 Å². The fourth-order valence-corrected chi connectivity index (χ4v) is 3.44. The number of pyridine rings is 1. The number of nitrogens with one attached hydrogen (secondary N) is 1. The van der Waals surface area contributed by atoms with E-state index in [2.05, 4.69) is 28.4 Å². The van der Waals surface area contributed by atoms with E-state index in [0.717, 1.165) is 23.7 Å². The van der Waals surface area contributed by atoms with Crippen molar-refractivity contribution >= 4 is 22.6 Å². The second kappa shape index (κ2) is 10.5. The summed E-state index contributed by atoms with van der Waals surface area (Å²) in [6.07, 6.45) is 3.35. The van der Waals surface area contributed by atoms with Crippen LogP contribution in [-0.2, 0) is 0 Å². The Morgan fingerprint density at radius 2 is 1.94 bits per heavy atom. The molecule has 0 saturated heterocycles. The topological polar surface area (TPSA) is 102 Å². The molecule has 0 radical (unpaired) electrons. The molecule has 34 heavy (non-hydrogen) atoms. The van der Waals surface area contributed by atoms with Gasteiger partial charge in [0.05, 0.1) is 24.9 Å². The van der Waals surface area contributed by atoms with E-state index in [0.29, 0.717) is 36.1 Å². The molecule has 2 aromatic carbocycles. The number of ether oxygens (including phenoxy) is 2.